The first-order valence-corrected chi connectivity index (χ1v) is 8.67. The van der Waals surface area contributed by atoms with Crippen LogP contribution in [0.1, 0.15) is 11.6 Å². The molecule has 2 aliphatic rings. The van der Waals surface area contributed by atoms with Crippen molar-refractivity contribution in [1.82, 2.24) is 15.1 Å². The fraction of sp³-hybridized carbons (Fsp3) is 0.556. The van der Waals surface area contributed by atoms with E-state index in [4.69, 9.17) is 9.47 Å². The van der Waals surface area contributed by atoms with Crippen molar-refractivity contribution in [2.45, 2.75) is 12.1 Å². The molecule has 2 fully saturated rings. The van der Waals surface area contributed by atoms with Crippen molar-refractivity contribution in [3.8, 4) is 0 Å². The molecule has 0 radical (unpaired) electrons. The second-order valence-corrected chi connectivity index (χ2v) is 6.34. The minimum atomic E-state index is -0.699. The van der Waals surface area contributed by atoms with E-state index in [0.29, 0.717) is 6.54 Å². The third-order valence-corrected chi connectivity index (χ3v) is 4.71. The first-order valence-electron chi connectivity index (χ1n) is 8.67. The van der Waals surface area contributed by atoms with E-state index in [9.17, 15) is 9.59 Å². The molecule has 2 saturated heterocycles. The standard InChI is InChI=1S/C18H25N3O4/c1-20-15(22)13-25-17(16(20)14-5-3-2-4-6-14)18(23)19-7-8-21-9-11-24-12-10-21/h2-6,16-17H,7-13H2,1H3,(H,19,23)/t16-,17+/m0/s1. The summed E-state index contributed by atoms with van der Waals surface area (Å²) in [5.74, 6) is -0.298. The van der Waals surface area contributed by atoms with E-state index in [2.05, 4.69) is 10.2 Å². The Balaban J connectivity index is 1.61. The molecule has 3 rings (SSSR count). The number of likely N-dealkylation sites (N-methyl/N-ethyl adjacent to an activating group) is 1. The molecule has 136 valence electrons. The van der Waals surface area contributed by atoms with E-state index in [1.807, 2.05) is 30.3 Å². The molecule has 0 aliphatic carbocycles. The van der Waals surface area contributed by atoms with E-state index >= 15 is 0 Å². The van der Waals surface area contributed by atoms with Gasteiger partial charge in [0.2, 0.25) is 5.91 Å². The average Bonchev–Trinajstić information content (AvgIpc) is 2.65. The molecule has 25 heavy (non-hydrogen) atoms. The lowest BCUT2D eigenvalue weighted by atomic mass is 9.97. The molecule has 0 saturated carbocycles. The summed E-state index contributed by atoms with van der Waals surface area (Å²) in [6, 6.07) is 9.12. The Labute approximate surface area is 147 Å². The molecule has 7 heteroatoms. The quantitative estimate of drug-likeness (QED) is 0.814. The number of nitrogens with zero attached hydrogens (tertiary/aromatic N) is 2. The fourth-order valence-electron chi connectivity index (χ4n) is 3.24. The Morgan fingerprint density at radius 3 is 2.68 bits per heavy atom. The zero-order valence-electron chi connectivity index (χ0n) is 14.5. The van der Waals surface area contributed by atoms with Gasteiger partial charge in [-0.1, -0.05) is 30.3 Å². The van der Waals surface area contributed by atoms with Crippen LogP contribution in [-0.4, -0.2) is 80.8 Å². The van der Waals surface area contributed by atoms with Crippen LogP contribution in [-0.2, 0) is 19.1 Å². The van der Waals surface area contributed by atoms with Crippen molar-refractivity contribution >= 4 is 11.8 Å². The normalized spacial score (nSPS) is 25.0. The summed E-state index contributed by atoms with van der Waals surface area (Å²) in [5.41, 5.74) is 0.895. The largest absolute Gasteiger partial charge is 0.379 e. The number of nitrogens with one attached hydrogen (secondary N) is 1. The Morgan fingerprint density at radius 2 is 1.96 bits per heavy atom. The summed E-state index contributed by atoms with van der Waals surface area (Å²) < 4.78 is 10.9. The zero-order chi connectivity index (χ0) is 17.6. The lowest BCUT2D eigenvalue weighted by molar-refractivity contribution is -0.162. The minimum absolute atomic E-state index is 0.0681. The van der Waals surface area contributed by atoms with E-state index in [-0.39, 0.29) is 18.4 Å². The summed E-state index contributed by atoms with van der Waals surface area (Å²) in [5, 5.41) is 2.95. The molecule has 2 aliphatic heterocycles. The highest BCUT2D eigenvalue weighted by molar-refractivity contribution is 5.86. The Kier molecular flexibility index (Phi) is 6.01. The number of rotatable bonds is 5. The van der Waals surface area contributed by atoms with Gasteiger partial charge in [0.1, 0.15) is 6.61 Å². The molecule has 1 aromatic carbocycles. The number of hydrogen-bond donors (Lipinski definition) is 1. The third kappa shape index (κ3) is 4.36. The molecule has 0 bridgehead atoms. The van der Waals surface area contributed by atoms with Gasteiger partial charge in [-0.25, -0.2) is 0 Å². The summed E-state index contributed by atoms with van der Waals surface area (Å²) in [4.78, 5) is 28.5. The number of amides is 2. The predicted octanol–water partition coefficient (Wildman–Crippen LogP) is 0.0333. The van der Waals surface area contributed by atoms with Crippen molar-refractivity contribution in [1.29, 1.82) is 0 Å². The fourth-order valence-corrected chi connectivity index (χ4v) is 3.24. The van der Waals surface area contributed by atoms with Gasteiger partial charge in [0.15, 0.2) is 6.10 Å². The minimum Gasteiger partial charge on any atom is -0.379 e. The number of carbonyl (C=O) groups excluding carboxylic acids is 2. The van der Waals surface area contributed by atoms with Gasteiger partial charge in [0, 0.05) is 33.2 Å². The number of morpholine rings is 2. The molecule has 2 amide bonds. The second kappa shape index (κ2) is 8.42. The van der Waals surface area contributed by atoms with Crippen LogP contribution in [0.15, 0.2) is 30.3 Å². The predicted molar refractivity (Wildman–Crippen MR) is 92.0 cm³/mol. The van der Waals surface area contributed by atoms with Gasteiger partial charge in [-0.05, 0) is 5.56 Å². The highest BCUT2D eigenvalue weighted by Crippen LogP contribution is 2.28. The summed E-state index contributed by atoms with van der Waals surface area (Å²) in [7, 11) is 1.72. The van der Waals surface area contributed by atoms with Gasteiger partial charge in [-0.3, -0.25) is 14.5 Å². The lowest BCUT2D eigenvalue weighted by Crippen LogP contribution is -2.53. The van der Waals surface area contributed by atoms with Crippen molar-refractivity contribution in [3.05, 3.63) is 35.9 Å². The van der Waals surface area contributed by atoms with Crippen molar-refractivity contribution in [3.63, 3.8) is 0 Å². The molecular formula is C18H25N3O4. The Bertz CT molecular complexity index is 589. The topological polar surface area (TPSA) is 71.1 Å². The lowest BCUT2D eigenvalue weighted by Gasteiger charge is -2.38. The molecule has 1 N–H and O–H groups in total. The summed E-state index contributed by atoms with van der Waals surface area (Å²) in [6.07, 6.45) is -0.699. The van der Waals surface area contributed by atoms with E-state index in [1.54, 1.807) is 11.9 Å². The van der Waals surface area contributed by atoms with Gasteiger partial charge in [-0.2, -0.15) is 0 Å². The monoisotopic (exact) mass is 347 g/mol. The molecular weight excluding hydrogens is 322 g/mol. The highest BCUT2D eigenvalue weighted by atomic mass is 16.5. The van der Waals surface area contributed by atoms with Gasteiger partial charge in [0.25, 0.3) is 5.91 Å². The van der Waals surface area contributed by atoms with Crippen LogP contribution in [0, 0.1) is 0 Å². The number of carbonyl (C=O) groups is 2. The molecule has 2 atom stereocenters. The molecule has 0 unspecified atom stereocenters. The molecule has 7 nitrogen and oxygen atoms in total. The van der Waals surface area contributed by atoms with E-state index < -0.39 is 12.1 Å². The smallest absolute Gasteiger partial charge is 0.251 e. The van der Waals surface area contributed by atoms with Crippen LogP contribution >= 0.6 is 0 Å². The van der Waals surface area contributed by atoms with Gasteiger partial charge in [0.05, 0.1) is 19.3 Å². The first-order chi connectivity index (χ1) is 12.2. The van der Waals surface area contributed by atoms with E-state index in [0.717, 1.165) is 38.4 Å². The van der Waals surface area contributed by atoms with Crippen LogP contribution in [0.3, 0.4) is 0 Å². The number of hydrogen-bond acceptors (Lipinski definition) is 5. The van der Waals surface area contributed by atoms with Crippen molar-refractivity contribution < 1.29 is 19.1 Å². The molecule has 0 spiro atoms. The van der Waals surface area contributed by atoms with Crippen molar-refractivity contribution in [2.24, 2.45) is 0 Å². The van der Waals surface area contributed by atoms with Crippen LogP contribution in [0.5, 0.6) is 0 Å². The van der Waals surface area contributed by atoms with E-state index in [1.165, 1.54) is 0 Å². The Hall–Kier alpha value is -1.96. The average molecular weight is 347 g/mol. The van der Waals surface area contributed by atoms with Crippen LogP contribution in [0.2, 0.25) is 0 Å². The Morgan fingerprint density at radius 1 is 1.24 bits per heavy atom. The second-order valence-electron chi connectivity index (χ2n) is 6.34. The molecule has 0 aromatic heterocycles. The summed E-state index contributed by atoms with van der Waals surface area (Å²) in [6.45, 7) is 4.52. The van der Waals surface area contributed by atoms with Gasteiger partial charge < -0.3 is 19.7 Å². The maximum atomic E-state index is 12.7. The van der Waals surface area contributed by atoms with Crippen molar-refractivity contribution in [2.75, 3.05) is 53.0 Å². The van der Waals surface area contributed by atoms with Gasteiger partial charge >= 0.3 is 0 Å². The zero-order valence-corrected chi connectivity index (χ0v) is 14.5. The maximum absolute atomic E-state index is 12.7. The van der Waals surface area contributed by atoms with Crippen LogP contribution in [0.4, 0.5) is 0 Å². The molecule has 2 heterocycles. The maximum Gasteiger partial charge on any atom is 0.251 e. The number of ether oxygens (including phenoxy) is 2. The van der Waals surface area contributed by atoms with Crippen LogP contribution < -0.4 is 5.32 Å². The first kappa shape index (κ1) is 17.8. The SMILES string of the molecule is CN1C(=O)CO[C@@H](C(=O)NCCN2CCOCC2)[C@@H]1c1ccccc1. The molecule has 1 aromatic rings. The van der Waals surface area contributed by atoms with Crippen LogP contribution in [0.25, 0.3) is 0 Å². The summed E-state index contributed by atoms with van der Waals surface area (Å²) >= 11 is 0. The third-order valence-electron chi connectivity index (χ3n) is 4.71. The van der Waals surface area contributed by atoms with Gasteiger partial charge in [-0.15, -0.1) is 0 Å². The number of benzene rings is 1. The highest BCUT2D eigenvalue weighted by Gasteiger charge is 2.39.